The summed E-state index contributed by atoms with van der Waals surface area (Å²) in [7, 11) is 0. The number of nitrogens with two attached hydrogens (primary N) is 2. The van der Waals surface area contributed by atoms with Crippen molar-refractivity contribution in [2.45, 2.75) is 13.3 Å². The first-order chi connectivity index (χ1) is 11.4. The highest BCUT2D eigenvalue weighted by molar-refractivity contribution is 6.26. The Hall–Kier alpha value is -3.49. The summed E-state index contributed by atoms with van der Waals surface area (Å²) in [6.45, 7) is 1.71. The van der Waals surface area contributed by atoms with E-state index in [1.165, 1.54) is 0 Å². The van der Waals surface area contributed by atoms with Gasteiger partial charge >= 0.3 is 0 Å². The van der Waals surface area contributed by atoms with Crippen LogP contribution in [0.3, 0.4) is 0 Å². The Balaban J connectivity index is 2.31. The molecule has 124 valence electrons. The summed E-state index contributed by atoms with van der Waals surface area (Å²) >= 11 is 0. The Labute approximate surface area is 138 Å². The number of carbonyl (C=O) groups excluding carboxylic acids is 1. The molecule has 1 aliphatic rings. The summed E-state index contributed by atoms with van der Waals surface area (Å²) in [5.41, 5.74) is 18.3. The van der Waals surface area contributed by atoms with Crippen molar-refractivity contribution in [2.75, 3.05) is 0 Å². The maximum atomic E-state index is 12.3. The minimum Gasteiger partial charge on any atom is -0.369 e. The van der Waals surface area contributed by atoms with E-state index in [0.717, 1.165) is 5.56 Å². The van der Waals surface area contributed by atoms with Gasteiger partial charge in [0.05, 0.1) is 5.71 Å². The van der Waals surface area contributed by atoms with Crippen molar-refractivity contribution in [1.82, 2.24) is 10.9 Å². The molecule has 0 radical (unpaired) electrons. The third kappa shape index (κ3) is 4.03. The van der Waals surface area contributed by atoms with Gasteiger partial charge in [-0.25, -0.2) is 10.9 Å². The fourth-order valence-electron chi connectivity index (χ4n) is 2.17. The van der Waals surface area contributed by atoms with Crippen LogP contribution in [0.2, 0.25) is 0 Å². The topological polar surface area (TPSA) is 166 Å². The molecule has 0 aliphatic heterocycles. The molecular formula is C15H18N8O. The van der Waals surface area contributed by atoms with Gasteiger partial charge in [-0.3, -0.25) is 15.6 Å². The summed E-state index contributed by atoms with van der Waals surface area (Å²) in [4.78, 5) is 12.3. The zero-order valence-electron chi connectivity index (χ0n) is 13.1. The van der Waals surface area contributed by atoms with Crippen LogP contribution in [0.1, 0.15) is 28.4 Å². The average Bonchev–Trinajstić information content (AvgIpc) is 2.53. The van der Waals surface area contributed by atoms with Crippen LogP contribution in [-0.4, -0.2) is 29.6 Å². The summed E-state index contributed by atoms with van der Waals surface area (Å²) in [6.07, 6.45) is 3.70. The zero-order valence-corrected chi connectivity index (χ0v) is 13.1. The van der Waals surface area contributed by atoms with E-state index in [1.54, 1.807) is 25.3 Å². The molecule has 0 bridgehead atoms. The largest absolute Gasteiger partial charge is 0.369 e. The second kappa shape index (κ2) is 7.18. The lowest BCUT2D eigenvalue weighted by molar-refractivity contribution is 0.103. The molecule has 1 aromatic rings. The molecule has 0 atom stereocenters. The number of carbonyl (C=O) groups is 1. The number of hydrazone groups is 2. The van der Waals surface area contributed by atoms with Crippen LogP contribution in [-0.2, 0) is 6.42 Å². The van der Waals surface area contributed by atoms with Crippen molar-refractivity contribution in [3.05, 3.63) is 46.5 Å². The van der Waals surface area contributed by atoms with E-state index in [-0.39, 0.29) is 17.7 Å². The number of nitrogens with zero attached hydrogens (tertiary/aromatic N) is 2. The van der Waals surface area contributed by atoms with Crippen molar-refractivity contribution in [1.29, 1.82) is 10.8 Å². The molecule has 0 fully saturated rings. The molecule has 0 unspecified atom stereocenters. The third-order valence-corrected chi connectivity index (χ3v) is 3.22. The molecule has 2 rings (SSSR count). The maximum absolute atomic E-state index is 12.3. The lowest BCUT2D eigenvalue weighted by atomic mass is 9.88. The fraction of sp³-hybridized carbons (Fsp3) is 0.133. The number of benzene rings is 1. The molecule has 9 heteroatoms. The summed E-state index contributed by atoms with van der Waals surface area (Å²) in [5.74, 6) is -0.594. The van der Waals surface area contributed by atoms with Gasteiger partial charge in [0, 0.05) is 23.8 Å². The highest BCUT2D eigenvalue weighted by Gasteiger charge is 2.22. The Bertz CT molecular complexity index is 791. The normalized spacial score (nSPS) is 15.1. The third-order valence-electron chi connectivity index (χ3n) is 3.22. The molecule has 9 nitrogen and oxygen atoms in total. The SMILES string of the molecule is CC1=CC(=NNC(=N)N)c2cc(CC=NNC(=N)N)ccc2C1=O. The number of hydrogen-bond acceptors (Lipinski definition) is 5. The minimum atomic E-state index is -0.286. The van der Waals surface area contributed by atoms with Crippen molar-refractivity contribution < 1.29 is 4.79 Å². The van der Waals surface area contributed by atoms with Crippen LogP contribution >= 0.6 is 0 Å². The number of allylic oxidation sites excluding steroid dienone is 2. The maximum Gasteiger partial charge on any atom is 0.206 e. The number of Topliss-reactive ketones (excluding diaryl/α,β-unsaturated/α-hetero) is 1. The predicted octanol–water partition coefficient (Wildman–Crippen LogP) is 0.0277. The zero-order chi connectivity index (χ0) is 17.7. The van der Waals surface area contributed by atoms with Gasteiger partial charge in [0.1, 0.15) is 0 Å². The summed E-state index contributed by atoms with van der Waals surface area (Å²) in [5, 5.41) is 22.1. The average molecular weight is 326 g/mol. The van der Waals surface area contributed by atoms with Crippen molar-refractivity contribution >= 4 is 29.6 Å². The van der Waals surface area contributed by atoms with Gasteiger partial charge in [-0.05, 0) is 30.2 Å². The fourth-order valence-corrected chi connectivity index (χ4v) is 2.17. The lowest BCUT2D eigenvalue weighted by Crippen LogP contribution is -2.28. The van der Waals surface area contributed by atoms with E-state index >= 15 is 0 Å². The number of ketones is 1. The van der Waals surface area contributed by atoms with E-state index in [0.29, 0.717) is 28.8 Å². The first-order valence-corrected chi connectivity index (χ1v) is 7.04. The van der Waals surface area contributed by atoms with Crippen LogP contribution in [0.4, 0.5) is 0 Å². The molecule has 8 N–H and O–H groups in total. The van der Waals surface area contributed by atoms with Gasteiger partial charge in [-0.1, -0.05) is 12.1 Å². The Morgan fingerprint density at radius 3 is 2.58 bits per heavy atom. The van der Waals surface area contributed by atoms with Gasteiger partial charge in [0.15, 0.2) is 5.78 Å². The summed E-state index contributed by atoms with van der Waals surface area (Å²) < 4.78 is 0. The van der Waals surface area contributed by atoms with Crippen molar-refractivity contribution in [2.24, 2.45) is 21.7 Å². The molecular weight excluding hydrogens is 308 g/mol. The molecule has 1 aromatic carbocycles. The Morgan fingerprint density at radius 1 is 1.21 bits per heavy atom. The molecule has 0 heterocycles. The van der Waals surface area contributed by atoms with E-state index in [1.807, 2.05) is 12.1 Å². The molecule has 0 aromatic heterocycles. The Morgan fingerprint density at radius 2 is 1.92 bits per heavy atom. The summed E-state index contributed by atoms with van der Waals surface area (Å²) in [6, 6.07) is 5.39. The number of rotatable bonds is 4. The van der Waals surface area contributed by atoms with E-state index in [9.17, 15) is 4.79 Å². The van der Waals surface area contributed by atoms with Gasteiger partial charge in [0.25, 0.3) is 0 Å². The van der Waals surface area contributed by atoms with E-state index in [2.05, 4.69) is 21.1 Å². The number of fused-ring (bicyclic) bond motifs is 1. The van der Waals surface area contributed by atoms with E-state index in [4.69, 9.17) is 22.3 Å². The van der Waals surface area contributed by atoms with Crippen molar-refractivity contribution in [3.8, 4) is 0 Å². The second-order valence-electron chi connectivity index (χ2n) is 5.10. The molecule has 0 amide bonds. The van der Waals surface area contributed by atoms with E-state index < -0.39 is 0 Å². The number of hydrogen-bond donors (Lipinski definition) is 6. The monoisotopic (exact) mass is 326 g/mol. The molecule has 0 spiro atoms. The number of guanidine groups is 2. The van der Waals surface area contributed by atoms with Gasteiger partial charge in [-0.2, -0.15) is 10.2 Å². The van der Waals surface area contributed by atoms with Gasteiger partial charge in [-0.15, -0.1) is 0 Å². The van der Waals surface area contributed by atoms with Crippen molar-refractivity contribution in [3.63, 3.8) is 0 Å². The molecule has 1 aliphatic carbocycles. The quantitative estimate of drug-likeness (QED) is 0.260. The van der Waals surface area contributed by atoms with Crippen LogP contribution < -0.4 is 22.3 Å². The van der Waals surface area contributed by atoms with Crippen LogP contribution in [0.15, 0.2) is 40.1 Å². The first kappa shape index (κ1) is 16.9. The van der Waals surface area contributed by atoms with Crippen LogP contribution in [0.5, 0.6) is 0 Å². The molecule has 0 saturated carbocycles. The lowest BCUT2D eigenvalue weighted by Gasteiger charge is -2.16. The second-order valence-corrected chi connectivity index (χ2v) is 5.10. The smallest absolute Gasteiger partial charge is 0.206 e. The van der Waals surface area contributed by atoms with Gasteiger partial charge in [0.2, 0.25) is 11.9 Å². The molecule has 24 heavy (non-hydrogen) atoms. The predicted molar refractivity (Wildman–Crippen MR) is 93.4 cm³/mol. The highest BCUT2D eigenvalue weighted by atomic mass is 16.1. The van der Waals surface area contributed by atoms with Gasteiger partial charge < -0.3 is 11.5 Å². The number of nitrogens with one attached hydrogen (secondary N) is 4. The molecule has 0 saturated heterocycles. The van der Waals surface area contributed by atoms with Crippen LogP contribution in [0.25, 0.3) is 0 Å². The first-order valence-electron chi connectivity index (χ1n) is 7.04. The van der Waals surface area contributed by atoms with Crippen LogP contribution in [0, 0.1) is 10.8 Å². The Kier molecular flexibility index (Phi) is 5.05. The highest BCUT2D eigenvalue weighted by Crippen LogP contribution is 2.23. The standard InChI is InChI=1S/C15H18N8O/c1-8-6-12(21-23-15(18)19)11-7-9(2-3-10(11)13(8)24)4-5-20-22-14(16)17/h2-3,5-7H,4H2,1H3,(H4,16,17,22)(H4,18,19,23). The minimum absolute atomic E-state index is 0.0646.